The lowest BCUT2D eigenvalue weighted by Crippen LogP contribution is -2.26. The second-order valence-electron chi connectivity index (χ2n) is 5.84. The van der Waals surface area contributed by atoms with Crippen molar-refractivity contribution >= 4 is 11.9 Å². The van der Waals surface area contributed by atoms with Crippen LogP contribution in [-0.2, 0) is 9.47 Å². The van der Waals surface area contributed by atoms with E-state index in [9.17, 15) is 9.59 Å². The summed E-state index contributed by atoms with van der Waals surface area (Å²) >= 11 is 0. The maximum absolute atomic E-state index is 12.2. The van der Waals surface area contributed by atoms with Crippen molar-refractivity contribution in [1.29, 1.82) is 0 Å². The lowest BCUT2D eigenvalue weighted by molar-refractivity contribution is -0.00187. The summed E-state index contributed by atoms with van der Waals surface area (Å²) in [5.41, 5.74) is 1.05. The van der Waals surface area contributed by atoms with E-state index in [0.717, 1.165) is 0 Å². The molecule has 0 aliphatic rings. The molecule has 0 aliphatic heterocycles. The van der Waals surface area contributed by atoms with Crippen LogP contribution in [0.15, 0.2) is 60.7 Å². The van der Waals surface area contributed by atoms with E-state index in [-0.39, 0.29) is 24.1 Å². The fourth-order valence-corrected chi connectivity index (χ4v) is 2.48. The highest BCUT2D eigenvalue weighted by molar-refractivity contribution is 5.90. The van der Waals surface area contributed by atoms with Gasteiger partial charge in [-0.3, -0.25) is 0 Å². The van der Waals surface area contributed by atoms with Gasteiger partial charge in [0, 0.05) is 6.42 Å². The molecule has 2 aromatic carbocycles. The molecule has 2 atom stereocenters. The van der Waals surface area contributed by atoms with Crippen LogP contribution < -0.4 is 0 Å². The highest BCUT2D eigenvalue weighted by atomic mass is 16.6. The summed E-state index contributed by atoms with van der Waals surface area (Å²) in [5.74, 6) is -0.701. The van der Waals surface area contributed by atoms with Crippen LogP contribution in [0.3, 0.4) is 0 Å². The molecule has 0 unspecified atom stereocenters. The molecule has 25 heavy (non-hydrogen) atoms. The van der Waals surface area contributed by atoms with Gasteiger partial charge >= 0.3 is 11.9 Å². The van der Waals surface area contributed by atoms with Crippen LogP contribution in [-0.4, -0.2) is 24.1 Å². The largest absolute Gasteiger partial charge is 0.459 e. The zero-order chi connectivity index (χ0) is 18.1. The van der Waals surface area contributed by atoms with Gasteiger partial charge in [0.1, 0.15) is 12.2 Å². The van der Waals surface area contributed by atoms with E-state index in [1.54, 1.807) is 48.5 Å². The molecule has 0 heterocycles. The minimum Gasteiger partial charge on any atom is -0.459 e. The minimum absolute atomic E-state index is 0.291. The first kappa shape index (κ1) is 18.7. The Morgan fingerprint density at radius 2 is 1.08 bits per heavy atom. The van der Waals surface area contributed by atoms with Crippen LogP contribution in [0.4, 0.5) is 0 Å². The Morgan fingerprint density at radius 3 is 1.40 bits per heavy atom. The van der Waals surface area contributed by atoms with Crippen molar-refractivity contribution in [3.8, 4) is 0 Å². The molecule has 0 fully saturated rings. The molecule has 0 N–H and O–H groups in total. The molecule has 4 nitrogen and oxygen atoms in total. The highest BCUT2D eigenvalue weighted by Gasteiger charge is 2.22. The number of hydrogen-bond acceptors (Lipinski definition) is 4. The topological polar surface area (TPSA) is 52.6 Å². The number of carbonyl (C=O) groups is 2. The molecule has 0 aromatic heterocycles. The summed E-state index contributed by atoms with van der Waals surface area (Å²) < 4.78 is 11.2. The van der Waals surface area contributed by atoms with Crippen LogP contribution >= 0.6 is 0 Å². The van der Waals surface area contributed by atoms with Crippen LogP contribution in [0.25, 0.3) is 0 Å². The molecule has 2 rings (SSSR count). The van der Waals surface area contributed by atoms with E-state index in [2.05, 4.69) is 0 Å². The molecular formula is C21H24O4. The molecule has 4 heteroatoms. The third-order valence-electron chi connectivity index (χ3n) is 4.00. The molecule has 0 aliphatic carbocycles. The first-order valence-corrected chi connectivity index (χ1v) is 8.66. The van der Waals surface area contributed by atoms with E-state index in [1.165, 1.54) is 0 Å². The summed E-state index contributed by atoms with van der Waals surface area (Å²) in [7, 11) is 0. The van der Waals surface area contributed by atoms with Gasteiger partial charge in [-0.25, -0.2) is 9.59 Å². The van der Waals surface area contributed by atoms with Gasteiger partial charge in [-0.1, -0.05) is 50.2 Å². The third-order valence-corrected chi connectivity index (χ3v) is 4.00. The third kappa shape index (κ3) is 5.75. The molecule has 0 bridgehead atoms. The normalized spacial score (nSPS) is 12.9. The van der Waals surface area contributed by atoms with Gasteiger partial charge in [0.05, 0.1) is 11.1 Å². The van der Waals surface area contributed by atoms with Gasteiger partial charge in [-0.15, -0.1) is 0 Å². The van der Waals surface area contributed by atoms with Gasteiger partial charge in [-0.05, 0) is 37.1 Å². The van der Waals surface area contributed by atoms with Crippen molar-refractivity contribution in [2.24, 2.45) is 0 Å². The minimum atomic E-state index is -0.350. The number of benzene rings is 2. The molecule has 0 saturated heterocycles. The number of carbonyl (C=O) groups excluding carboxylic acids is 2. The van der Waals surface area contributed by atoms with Gasteiger partial charge in [0.15, 0.2) is 0 Å². The average molecular weight is 340 g/mol. The summed E-state index contributed by atoms with van der Waals surface area (Å²) in [6.07, 6.45) is 1.24. The van der Waals surface area contributed by atoms with Crippen molar-refractivity contribution in [2.75, 3.05) is 0 Å². The van der Waals surface area contributed by atoms with Crippen LogP contribution in [0, 0.1) is 0 Å². The summed E-state index contributed by atoms with van der Waals surface area (Å²) in [4.78, 5) is 24.4. The maximum atomic E-state index is 12.2. The molecular weight excluding hydrogens is 316 g/mol. The fourth-order valence-electron chi connectivity index (χ4n) is 2.48. The molecule has 132 valence electrons. The van der Waals surface area contributed by atoms with Gasteiger partial charge in [-0.2, -0.15) is 0 Å². The monoisotopic (exact) mass is 340 g/mol. The van der Waals surface area contributed by atoms with E-state index >= 15 is 0 Å². The Hall–Kier alpha value is -2.62. The Kier molecular flexibility index (Phi) is 7.20. The van der Waals surface area contributed by atoms with E-state index in [4.69, 9.17) is 9.47 Å². The Labute approximate surface area is 148 Å². The molecule has 0 radical (unpaired) electrons. The highest BCUT2D eigenvalue weighted by Crippen LogP contribution is 2.16. The zero-order valence-corrected chi connectivity index (χ0v) is 14.7. The SMILES string of the molecule is CC[C@@H](C[C@H](CC)OC(=O)c1ccccc1)OC(=O)c1ccccc1. The van der Waals surface area contributed by atoms with Crippen molar-refractivity contribution in [2.45, 2.75) is 45.3 Å². The van der Waals surface area contributed by atoms with E-state index in [0.29, 0.717) is 30.4 Å². The van der Waals surface area contributed by atoms with Crippen LogP contribution in [0.2, 0.25) is 0 Å². The first-order chi connectivity index (χ1) is 12.1. The first-order valence-electron chi connectivity index (χ1n) is 8.66. The van der Waals surface area contributed by atoms with Crippen molar-refractivity contribution in [1.82, 2.24) is 0 Å². The average Bonchev–Trinajstić information content (AvgIpc) is 2.67. The van der Waals surface area contributed by atoms with Crippen LogP contribution in [0.5, 0.6) is 0 Å². The number of ether oxygens (including phenoxy) is 2. The zero-order valence-electron chi connectivity index (χ0n) is 14.7. The van der Waals surface area contributed by atoms with Crippen LogP contribution in [0.1, 0.15) is 53.8 Å². The lowest BCUT2D eigenvalue weighted by atomic mass is 10.1. The summed E-state index contributed by atoms with van der Waals surface area (Å²) in [6, 6.07) is 17.8. The smallest absolute Gasteiger partial charge is 0.338 e. The number of hydrogen-bond donors (Lipinski definition) is 0. The second-order valence-corrected chi connectivity index (χ2v) is 5.84. The van der Waals surface area contributed by atoms with E-state index < -0.39 is 0 Å². The maximum Gasteiger partial charge on any atom is 0.338 e. The Bertz CT molecular complexity index is 607. The quantitative estimate of drug-likeness (QED) is 0.657. The molecule has 0 saturated carbocycles. The van der Waals surface area contributed by atoms with Gasteiger partial charge < -0.3 is 9.47 Å². The standard InChI is InChI=1S/C21H24O4/c1-3-18(24-20(22)16-11-7-5-8-12-16)15-19(4-2)25-21(23)17-13-9-6-10-14-17/h5-14,18-19H,3-4,15H2,1-2H3/t18-,19-/m0/s1. The number of rotatable bonds is 8. The summed E-state index contributed by atoms with van der Waals surface area (Å²) in [6.45, 7) is 3.91. The fraction of sp³-hybridized carbons (Fsp3) is 0.333. The molecule has 0 spiro atoms. The van der Waals surface area contributed by atoms with Gasteiger partial charge in [0.25, 0.3) is 0 Å². The Balaban J connectivity index is 1.93. The van der Waals surface area contributed by atoms with Gasteiger partial charge in [0.2, 0.25) is 0 Å². The number of esters is 2. The van der Waals surface area contributed by atoms with Crippen molar-refractivity contribution < 1.29 is 19.1 Å². The lowest BCUT2D eigenvalue weighted by Gasteiger charge is -2.22. The second kappa shape index (κ2) is 9.62. The Morgan fingerprint density at radius 1 is 0.720 bits per heavy atom. The van der Waals surface area contributed by atoms with Crippen molar-refractivity contribution in [3.05, 3.63) is 71.8 Å². The molecule has 2 aromatic rings. The molecule has 0 amide bonds. The van der Waals surface area contributed by atoms with Crippen molar-refractivity contribution in [3.63, 3.8) is 0 Å². The predicted molar refractivity (Wildman–Crippen MR) is 96.5 cm³/mol. The summed E-state index contributed by atoms with van der Waals surface area (Å²) in [5, 5.41) is 0. The van der Waals surface area contributed by atoms with E-state index in [1.807, 2.05) is 26.0 Å². The predicted octanol–water partition coefficient (Wildman–Crippen LogP) is 4.65.